The van der Waals surface area contributed by atoms with Crippen LogP contribution in [0, 0.1) is 13.8 Å². The number of thiazole rings is 2. The fourth-order valence-corrected chi connectivity index (χ4v) is 3.18. The summed E-state index contributed by atoms with van der Waals surface area (Å²) in [6.07, 6.45) is 0.863. The first kappa shape index (κ1) is 10.7. The molecule has 0 aliphatic rings. The van der Waals surface area contributed by atoms with E-state index in [-0.39, 0.29) is 0 Å². The lowest BCUT2D eigenvalue weighted by atomic mass is 10.3. The van der Waals surface area contributed by atoms with Crippen LogP contribution in [0.2, 0.25) is 0 Å². The molecule has 0 saturated heterocycles. The molecule has 0 aliphatic heterocycles. The molecule has 3 nitrogen and oxygen atoms in total. The normalized spacial score (nSPS) is 10.9. The molecular formula is C10H13N3S2. The highest BCUT2D eigenvalue weighted by molar-refractivity contribution is 7.15. The van der Waals surface area contributed by atoms with E-state index in [4.69, 9.17) is 5.73 Å². The lowest BCUT2D eigenvalue weighted by molar-refractivity contribution is 0.954. The quantitative estimate of drug-likeness (QED) is 0.894. The van der Waals surface area contributed by atoms with Gasteiger partial charge in [0.25, 0.3) is 0 Å². The molecule has 80 valence electrons. The van der Waals surface area contributed by atoms with Crippen LogP contribution in [0.4, 0.5) is 0 Å². The molecule has 0 spiro atoms. The Morgan fingerprint density at radius 2 is 2.13 bits per heavy atom. The third-order valence-corrected chi connectivity index (χ3v) is 4.05. The summed E-state index contributed by atoms with van der Waals surface area (Å²) in [7, 11) is 0. The summed E-state index contributed by atoms with van der Waals surface area (Å²) >= 11 is 3.38. The Kier molecular flexibility index (Phi) is 3.14. The molecule has 0 fully saturated rings. The van der Waals surface area contributed by atoms with Crippen molar-refractivity contribution < 1.29 is 0 Å². The van der Waals surface area contributed by atoms with Crippen molar-refractivity contribution in [1.82, 2.24) is 9.97 Å². The first-order chi connectivity index (χ1) is 7.20. The summed E-state index contributed by atoms with van der Waals surface area (Å²) in [4.78, 5) is 10.1. The molecule has 0 amide bonds. The minimum atomic E-state index is 0.660. The standard InChI is InChI=1S/C10H13N3S2/c1-6-10(15-7(2)12-6)8-5-14-9(13-8)3-4-11/h5H,3-4,11H2,1-2H3. The molecule has 2 aromatic rings. The van der Waals surface area contributed by atoms with Gasteiger partial charge in [-0.1, -0.05) is 0 Å². The summed E-state index contributed by atoms with van der Waals surface area (Å²) in [6.45, 7) is 4.71. The van der Waals surface area contributed by atoms with E-state index in [1.54, 1.807) is 22.7 Å². The van der Waals surface area contributed by atoms with Gasteiger partial charge in [-0.05, 0) is 20.4 Å². The minimum absolute atomic E-state index is 0.660. The molecule has 0 radical (unpaired) electrons. The van der Waals surface area contributed by atoms with Gasteiger partial charge in [-0.25, -0.2) is 9.97 Å². The Morgan fingerprint density at radius 1 is 1.33 bits per heavy atom. The van der Waals surface area contributed by atoms with Gasteiger partial charge in [-0.2, -0.15) is 0 Å². The van der Waals surface area contributed by atoms with Gasteiger partial charge in [0, 0.05) is 11.8 Å². The van der Waals surface area contributed by atoms with Crippen molar-refractivity contribution >= 4 is 22.7 Å². The maximum atomic E-state index is 5.50. The van der Waals surface area contributed by atoms with Gasteiger partial charge in [0.05, 0.1) is 26.3 Å². The molecule has 15 heavy (non-hydrogen) atoms. The van der Waals surface area contributed by atoms with E-state index >= 15 is 0 Å². The number of hydrogen-bond acceptors (Lipinski definition) is 5. The maximum absolute atomic E-state index is 5.50. The van der Waals surface area contributed by atoms with Crippen molar-refractivity contribution in [3.05, 3.63) is 21.1 Å². The van der Waals surface area contributed by atoms with Crippen molar-refractivity contribution in [2.24, 2.45) is 5.73 Å². The van der Waals surface area contributed by atoms with Crippen LogP contribution in [-0.2, 0) is 6.42 Å². The molecule has 0 aromatic carbocycles. The molecule has 0 aliphatic carbocycles. The largest absolute Gasteiger partial charge is 0.330 e. The molecule has 2 heterocycles. The van der Waals surface area contributed by atoms with Crippen molar-refractivity contribution in [3.8, 4) is 10.6 Å². The maximum Gasteiger partial charge on any atom is 0.0945 e. The number of nitrogens with zero attached hydrogens (tertiary/aromatic N) is 2. The second kappa shape index (κ2) is 4.38. The highest BCUT2D eigenvalue weighted by atomic mass is 32.1. The van der Waals surface area contributed by atoms with Crippen molar-refractivity contribution in [2.75, 3.05) is 6.54 Å². The molecular weight excluding hydrogens is 226 g/mol. The number of nitrogens with two attached hydrogens (primary N) is 1. The Balaban J connectivity index is 2.32. The van der Waals surface area contributed by atoms with Crippen molar-refractivity contribution in [2.45, 2.75) is 20.3 Å². The molecule has 5 heteroatoms. The summed E-state index contributed by atoms with van der Waals surface area (Å²) in [5.74, 6) is 0. The van der Waals surface area contributed by atoms with Crippen LogP contribution in [0.1, 0.15) is 15.7 Å². The Labute approximate surface area is 97.0 Å². The zero-order valence-electron chi connectivity index (χ0n) is 8.78. The Morgan fingerprint density at radius 3 is 2.73 bits per heavy atom. The van der Waals surface area contributed by atoms with Crippen LogP contribution in [0.25, 0.3) is 10.6 Å². The van der Waals surface area contributed by atoms with Gasteiger partial charge >= 0.3 is 0 Å². The Hall–Kier alpha value is -0.780. The molecule has 0 atom stereocenters. The molecule has 2 aromatic heterocycles. The van der Waals surface area contributed by atoms with Crippen LogP contribution in [0.3, 0.4) is 0 Å². The van der Waals surface area contributed by atoms with E-state index in [0.29, 0.717) is 6.54 Å². The molecule has 0 unspecified atom stereocenters. The van der Waals surface area contributed by atoms with E-state index in [1.165, 1.54) is 4.88 Å². The fourth-order valence-electron chi connectivity index (χ4n) is 1.42. The predicted octanol–water partition coefficient (Wildman–Crippen LogP) is 2.38. The highest BCUT2D eigenvalue weighted by Crippen LogP contribution is 2.30. The smallest absolute Gasteiger partial charge is 0.0945 e. The first-order valence-corrected chi connectivity index (χ1v) is 6.49. The van der Waals surface area contributed by atoms with Gasteiger partial charge in [-0.15, -0.1) is 22.7 Å². The first-order valence-electron chi connectivity index (χ1n) is 4.79. The topological polar surface area (TPSA) is 51.8 Å². The number of aryl methyl sites for hydroxylation is 2. The number of hydrogen-bond donors (Lipinski definition) is 1. The average Bonchev–Trinajstić information content (AvgIpc) is 2.73. The zero-order valence-corrected chi connectivity index (χ0v) is 10.4. The van der Waals surface area contributed by atoms with E-state index in [0.717, 1.165) is 27.8 Å². The van der Waals surface area contributed by atoms with Crippen LogP contribution < -0.4 is 5.73 Å². The van der Waals surface area contributed by atoms with Gasteiger partial charge < -0.3 is 5.73 Å². The summed E-state index contributed by atoms with van der Waals surface area (Å²) < 4.78 is 0. The second-order valence-corrected chi connectivity index (χ2v) is 5.46. The van der Waals surface area contributed by atoms with E-state index < -0.39 is 0 Å². The second-order valence-electron chi connectivity index (χ2n) is 3.31. The highest BCUT2D eigenvalue weighted by Gasteiger charge is 2.10. The summed E-state index contributed by atoms with van der Waals surface area (Å²) in [6, 6.07) is 0. The molecule has 2 N–H and O–H groups in total. The monoisotopic (exact) mass is 239 g/mol. The molecule has 0 saturated carbocycles. The predicted molar refractivity (Wildman–Crippen MR) is 65.5 cm³/mol. The number of aromatic nitrogens is 2. The van der Waals surface area contributed by atoms with Gasteiger partial charge in [0.15, 0.2) is 0 Å². The lowest BCUT2D eigenvalue weighted by Crippen LogP contribution is -2.01. The van der Waals surface area contributed by atoms with Crippen molar-refractivity contribution in [1.29, 1.82) is 0 Å². The van der Waals surface area contributed by atoms with Gasteiger partial charge in [-0.3, -0.25) is 0 Å². The van der Waals surface area contributed by atoms with Crippen LogP contribution >= 0.6 is 22.7 Å². The average molecular weight is 239 g/mol. The van der Waals surface area contributed by atoms with E-state index in [2.05, 4.69) is 15.3 Å². The third kappa shape index (κ3) is 2.25. The van der Waals surface area contributed by atoms with Crippen LogP contribution in [-0.4, -0.2) is 16.5 Å². The summed E-state index contributed by atoms with van der Waals surface area (Å²) in [5, 5.41) is 4.29. The summed E-state index contributed by atoms with van der Waals surface area (Å²) in [5.41, 5.74) is 7.62. The molecule has 0 bridgehead atoms. The van der Waals surface area contributed by atoms with Crippen LogP contribution in [0.15, 0.2) is 5.38 Å². The number of rotatable bonds is 3. The van der Waals surface area contributed by atoms with Crippen LogP contribution in [0.5, 0.6) is 0 Å². The fraction of sp³-hybridized carbons (Fsp3) is 0.400. The molecule has 2 rings (SSSR count). The van der Waals surface area contributed by atoms with Gasteiger partial charge in [0.2, 0.25) is 0 Å². The van der Waals surface area contributed by atoms with E-state index in [9.17, 15) is 0 Å². The SMILES string of the molecule is Cc1nc(C)c(-c2csc(CCN)n2)s1. The van der Waals surface area contributed by atoms with E-state index in [1.807, 2.05) is 13.8 Å². The van der Waals surface area contributed by atoms with Gasteiger partial charge in [0.1, 0.15) is 0 Å². The zero-order chi connectivity index (χ0) is 10.8. The Bertz CT molecular complexity index is 459. The van der Waals surface area contributed by atoms with Crippen molar-refractivity contribution in [3.63, 3.8) is 0 Å². The lowest BCUT2D eigenvalue weighted by Gasteiger charge is -1.91. The minimum Gasteiger partial charge on any atom is -0.330 e. The third-order valence-electron chi connectivity index (χ3n) is 2.05.